The molecule has 0 bridgehead atoms. The summed E-state index contributed by atoms with van der Waals surface area (Å²) < 4.78 is 2.13. The van der Waals surface area contributed by atoms with Gasteiger partial charge in [0.1, 0.15) is 5.82 Å². The van der Waals surface area contributed by atoms with Gasteiger partial charge in [0.15, 0.2) is 0 Å². The zero-order chi connectivity index (χ0) is 19.2. The predicted molar refractivity (Wildman–Crippen MR) is 109 cm³/mol. The molecule has 0 fully saturated rings. The van der Waals surface area contributed by atoms with E-state index in [1.807, 2.05) is 67.0 Å². The number of carbonyl (C=O) groups excluding carboxylic acids is 1. The molecule has 1 atom stereocenters. The van der Waals surface area contributed by atoms with Crippen molar-refractivity contribution in [3.63, 3.8) is 0 Å². The topological polar surface area (TPSA) is 72.9 Å². The fourth-order valence-corrected chi connectivity index (χ4v) is 3.09. The first-order chi connectivity index (χ1) is 13.0. The number of carbonyl (C=O) groups is 1. The molecule has 2 aromatic carbocycles. The summed E-state index contributed by atoms with van der Waals surface area (Å²) in [5, 5.41) is 2.93. The van der Waals surface area contributed by atoms with Crippen LogP contribution < -0.4 is 11.1 Å². The second-order valence-corrected chi connectivity index (χ2v) is 7.05. The molecule has 0 aliphatic carbocycles. The minimum atomic E-state index is -0.586. The maximum absolute atomic E-state index is 12.4. The Morgan fingerprint density at radius 1 is 1.11 bits per heavy atom. The Hall–Kier alpha value is -2.92. The van der Waals surface area contributed by atoms with Crippen molar-refractivity contribution in [3.8, 4) is 0 Å². The lowest BCUT2D eigenvalue weighted by molar-refractivity contribution is -0.117. The molecular weight excluding hydrogens is 336 g/mol. The number of benzene rings is 2. The van der Waals surface area contributed by atoms with Gasteiger partial charge in [0, 0.05) is 30.5 Å². The lowest BCUT2D eigenvalue weighted by atomic mass is 10.1. The summed E-state index contributed by atoms with van der Waals surface area (Å²) in [7, 11) is 0. The molecule has 1 heterocycles. The monoisotopic (exact) mass is 362 g/mol. The summed E-state index contributed by atoms with van der Waals surface area (Å²) in [5.74, 6) is 1.23. The van der Waals surface area contributed by atoms with Crippen molar-refractivity contribution in [1.29, 1.82) is 0 Å². The number of imidazole rings is 1. The van der Waals surface area contributed by atoms with Gasteiger partial charge in [0.2, 0.25) is 5.91 Å². The molecule has 1 amide bonds. The average molecular weight is 362 g/mol. The Bertz CT molecular complexity index is 886. The highest BCUT2D eigenvalue weighted by molar-refractivity contribution is 5.94. The van der Waals surface area contributed by atoms with Gasteiger partial charge in [0.05, 0.1) is 6.04 Å². The Labute approximate surface area is 160 Å². The van der Waals surface area contributed by atoms with E-state index < -0.39 is 6.04 Å². The van der Waals surface area contributed by atoms with E-state index in [1.54, 1.807) is 0 Å². The summed E-state index contributed by atoms with van der Waals surface area (Å²) in [6.07, 6.45) is 4.32. The molecule has 3 rings (SSSR count). The minimum absolute atomic E-state index is 0.179. The summed E-state index contributed by atoms with van der Waals surface area (Å²) in [5.41, 5.74) is 8.98. The van der Waals surface area contributed by atoms with Gasteiger partial charge in [-0.1, -0.05) is 56.3 Å². The van der Waals surface area contributed by atoms with E-state index in [4.69, 9.17) is 5.73 Å². The standard InChI is InChI=1S/C22H26N4O/c1-16(2)21-24-11-12-26(21)15-18-9-6-10-19(13-18)25-22(27)20(23)14-17-7-4-3-5-8-17/h3-13,16,20H,14-15,23H2,1-2H3,(H,25,27). The zero-order valence-corrected chi connectivity index (χ0v) is 15.8. The molecule has 0 saturated heterocycles. The number of nitrogens with one attached hydrogen (secondary N) is 1. The van der Waals surface area contributed by atoms with Crippen LogP contribution in [0.2, 0.25) is 0 Å². The van der Waals surface area contributed by atoms with Crippen molar-refractivity contribution in [1.82, 2.24) is 9.55 Å². The van der Waals surface area contributed by atoms with Gasteiger partial charge in [-0.3, -0.25) is 4.79 Å². The van der Waals surface area contributed by atoms with Gasteiger partial charge in [-0.15, -0.1) is 0 Å². The largest absolute Gasteiger partial charge is 0.330 e. The van der Waals surface area contributed by atoms with Crippen LogP contribution in [0.3, 0.4) is 0 Å². The van der Waals surface area contributed by atoms with Crippen molar-refractivity contribution < 1.29 is 4.79 Å². The highest BCUT2D eigenvalue weighted by Gasteiger charge is 2.14. The number of aromatic nitrogens is 2. The van der Waals surface area contributed by atoms with Crippen LogP contribution in [0.5, 0.6) is 0 Å². The lowest BCUT2D eigenvalue weighted by Gasteiger charge is -2.14. The molecule has 1 aromatic heterocycles. The van der Waals surface area contributed by atoms with Gasteiger partial charge in [-0.25, -0.2) is 4.98 Å². The highest BCUT2D eigenvalue weighted by atomic mass is 16.2. The smallest absolute Gasteiger partial charge is 0.241 e. The van der Waals surface area contributed by atoms with Gasteiger partial charge in [-0.2, -0.15) is 0 Å². The zero-order valence-electron chi connectivity index (χ0n) is 15.8. The molecule has 0 radical (unpaired) electrons. The molecule has 0 aliphatic rings. The number of rotatable bonds is 7. The molecule has 0 saturated carbocycles. The third-order valence-corrected chi connectivity index (χ3v) is 4.45. The van der Waals surface area contributed by atoms with E-state index in [2.05, 4.69) is 28.7 Å². The first-order valence-electron chi connectivity index (χ1n) is 9.23. The number of anilines is 1. The van der Waals surface area contributed by atoms with E-state index >= 15 is 0 Å². The maximum atomic E-state index is 12.4. The lowest BCUT2D eigenvalue weighted by Crippen LogP contribution is -2.37. The first kappa shape index (κ1) is 18.9. The molecule has 3 N–H and O–H groups in total. The van der Waals surface area contributed by atoms with E-state index in [9.17, 15) is 4.79 Å². The van der Waals surface area contributed by atoms with Gasteiger partial charge in [0.25, 0.3) is 0 Å². The molecule has 140 valence electrons. The van der Waals surface area contributed by atoms with Crippen molar-refractivity contribution in [2.24, 2.45) is 5.73 Å². The fourth-order valence-electron chi connectivity index (χ4n) is 3.09. The van der Waals surface area contributed by atoms with E-state index in [1.165, 1.54) is 0 Å². The molecule has 0 aliphatic heterocycles. The summed E-state index contributed by atoms with van der Waals surface area (Å²) in [6.45, 7) is 4.97. The van der Waals surface area contributed by atoms with Crippen LogP contribution in [0.1, 0.15) is 36.7 Å². The molecule has 1 unspecified atom stereocenters. The van der Waals surface area contributed by atoms with Crippen molar-refractivity contribution in [2.45, 2.75) is 38.8 Å². The van der Waals surface area contributed by atoms with Crippen LogP contribution in [0, 0.1) is 0 Å². The third kappa shape index (κ3) is 5.05. The van der Waals surface area contributed by atoms with Gasteiger partial charge in [-0.05, 0) is 29.7 Å². The normalized spacial score (nSPS) is 12.1. The Kier molecular flexibility index (Phi) is 6.04. The molecule has 3 aromatic rings. The molecule has 5 heteroatoms. The number of amides is 1. The quantitative estimate of drug-likeness (QED) is 0.675. The first-order valence-corrected chi connectivity index (χ1v) is 9.23. The number of hydrogen-bond acceptors (Lipinski definition) is 3. The fraction of sp³-hybridized carbons (Fsp3) is 0.273. The van der Waals surface area contributed by atoms with Crippen molar-refractivity contribution >= 4 is 11.6 Å². The average Bonchev–Trinajstić information content (AvgIpc) is 3.11. The minimum Gasteiger partial charge on any atom is -0.330 e. The Morgan fingerprint density at radius 2 is 1.85 bits per heavy atom. The summed E-state index contributed by atoms with van der Waals surface area (Å²) >= 11 is 0. The Balaban J connectivity index is 1.65. The number of nitrogens with zero attached hydrogens (tertiary/aromatic N) is 2. The number of hydrogen-bond donors (Lipinski definition) is 2. The summed E-state index contributed by atoms with van der Waals surface area (Å²) in [6, 6.07) is 17.1. The molecular formula is C22H26N4O. The summed E-state index contributed by atoms with van der Waals surface area (Å²) in [4.78, 5) is 16.9. The predicted octanol–water partition coefficient (Wildman–Crippen LogP) is 3.56. The maximum Gasteiger partial charge on any atom is 0.241 e. The second-order valence-electron chi connectivity index (χ2n) is 7.05. The van der Waals surface area contributed by atoms with E-state index in [0.717, 1.165) is 22.6 Å². The van der Waals surface area contributed by atoms with Crippen LogP contribution in [-0.2, 0) is 17.8 Å². The van der Waals surface area contributed by atoms with Crippen molar-refractivity contribution in [3.05, 3.63) is 83.9 Å². The second kappa shape index (κ2) is 8.64. The van der Waals surface area contributed by atoms with Gasteiger partial charge >= 0.3 is 0 Å². The van der Waals surface area contributed by atoms with Crippen LogP contribution in [-0.4, -0.2) is 21.5 Å². The SMILES string of the molecule is CC(C)c1nccn1Cc1cccc(NC(=O)C(N)Cc2ccccc2)c1. The third-order valence-electron chi connectivity index (χ3n) is 4.45. The van der Waals surface area contributed by atoms with E-state index in [-0.39, 0.29) is 5.91 Å². The molecule has 27 heavy (non-hydrogen) atoms. The molecule has 5 nitrogen and oxygen atoms in total. The van der Waals surface area contributed by atoms with Crippen LogP contribution in [0.15, 0.2) is 67.0 Å². The van der Waals surface area contributed by atoms with E-state index in [0.29, 0.717) is 18.9 Å². The van der Waals surface area contributed by atoms with Crippen LogP contribution >= 0.6 is 0 Å². The highest BCUT2D eigenvalue weighted by Crippen LogP contribution is 2.17. The van der Waals surface area contributed by atoms with Crippen LogP contribution in [0.25, 0.3) is 0 Å². The van der Waals surface area contributed by atoms with Crippen molar-refractivity contribution in [2.75, 3.05) is 5.32 Å². The van der Waals surface area contributed by atoms with Crippen LogP contribution in [0.4, 0.5) is 5.69 Å². The Morgan fingerprint density at radius 3 is 2.59 bits per heavy atom. The van der Waals surface area contributed by atoms with Gasteiger partial charge < -0.3 is 15.6 Å². The number of nitrogens with two attached hydrogens (primary N) is 1. The molecule has 0 spiro atoms.